The van der Waals surface area contributed by atoms with Gasteiger partial charge in [-0.3, -0.25) is 14.4 Å². The van der Waals surface area contributed by atoms with Gasteiger partial charge in [0.05, 0.1) is 23.3 Å². The number of nitrogens with one attached hydrogen (secondary N) is 2. The number of hydrogen-bond acceptors (Lipinski definition) is 5. The smallest absolute Gasteiger partial charge is 0.262 e. The number of carbonyl (C=O) groups excluding carboxylic acids is 2. The Hall–Kier alpha value is -4.27. The van der Waals surface area contributed by atoms with E-state index in [1.165, 1.54) is 6.20 Å². The maximum atomic E-state index is 12.7. The van der Waals surface area contributed by atoms with Crippen LogP contribution in [0.5, 0.6) is 0 Å². The molecule has 0 atom stereocenters. The highest BCUT2D eigenvalue weighted by atomic mass is 16.2. The third-order valence-corrected chi connectivity index (χ3v) is 5.62. The van der Waals surface area contributed by atoms with Crippen LogP contribution in [-0.2, 0) is 16.0 Å². The summed E-state index contributed by atoms with van der Waals surface area (Å²) in [5, 5.41) is 7.57. The van der Waals surface area contributed by atoms with E-state index in [0.717, 1.165) is 12.1 Å². The van der Waals surface area contributed by atoms with Crippen molar-refractivity contribution in [1.29, 1.82) is 0 Å². The Balaban J connectivity index is 1.33. The number of H-pyrrole nitrogens is 1. The summed E-state index contributed by atoms with van der Waals surface area (Å²) in [5.74, 6) is 0.235. The molecule has 9 heteroatoms. The zero-order valence-electron chi connectivity index (χ0n) is 17.8. The van der Waals surface area contributed by atoms with Crippen molar-refractivity contribution in [3.63, 3.8) is 0 Å². The Morgan fingerprint density at radius 2 is 1.85 bits per heavy atom. The van der Waals surface area contributed by atoms with E-state index >= 15 is 0 Å². The predicted molar refractivity (Wildman–Crippen MR) is 124 cm³/mol. The van der Waals surface area contributed by atoms with E-state index < -0.39 is 0 Å². The van der Waals surface area contributed by atoms with Gasteiger partial charge in [0.25, 0.3) is 5.56 Å². The van der Waals surface area contributed by atoms with Crippen LogP contribution in [0, 0.1) is 0 Å². The number of carbonyl (C=O) groups is 2. The van der Waals surface area contributed by atoms with Gasteiger partial charge in [0.1, 0.15) is 11.2 Å². The van der Waals surface area contributed by atoms with Crippen molar-refractivity contribution in [3.05, 3.63) is 77.0 Å². The molecule has 2 N–H and O–H groups in total. The number of fused-ring (bicyclic) bond motifs is 1. The van der Waals surface area contributed by atoms with E-state index in [9.17, 15) is 14.4 Å². The van der Waals surface area contributed by atoms with Crippen molar-refractivity contribution in [2.45, 2.75) is 25.7 Å². The molecule has 0 unspecified atom stereocenters. The summed E-state index contributed by atoms with van der Waals surface area (Å²) in [5.41, 5.74) is 2.24. The van der Waals surface area contributed by atoms with Crippen LogP contribution in [0.25, 0.3) is 16.7 Å². The van der Waals surface area contributed by atoms with Gasteiger partial charge in [-0.2, -0.15) is 5.10 Å². The SMILES string of the molecule is O=C(CCc1nc2c(cnn2-c2ccccc2)c(=O)[nH]1)Nc1ccccc1N1CCCC1=O. The number of nitrogens with zero attached hydrogens (tertiary/aromatic N) is 4. The topological polar surface area (TPSA) is 113 Å². The van der Waals surface area contributed by atoms with Crippen molar-refractivity contribution in [2.75, 3.05) is 16.8 Å². The van der Waals surface area contributed by atoms with Crippen LogP contribution in [0.3, 0.4) is 0 Å². The summed E-state index contributed by atoms with van der Waals surface area (Å²) in [6, 6.07) is 16.7. The van der Waals surface area contributed by atoms with Crippen LogP contribution in [0.15, 0.2) is 65.6 Å². The molecule has 5 rings (SSSR count). The average Bonchev–Trinajstić information content (AvgIpc) is 3.45. The number of para-hydroxylation sites is 3. The molecule has 1 fully saturated rings. The predicted octanol–water partition coefficient (Wildman–Crippen LogP) is 2.81. The lowest BCUT2D eigenvalue weighted by Gasteiger charge is -2.19. The highest BCUT2D eigenvalue weighted by Crippen LogP contribution is 2.29. The van der Waals surface area contributed by atoms with Crippen LogP contribution in [0.4, 0.5) is 11.4 Å². The van der Waals surface area contributed by atoms with Crippen LogP contribution in [-0.4, -0.2) is 38.1 Å². The second kappa shape index (κ2) is 8.70. The highest BCUT2D eigenvalue weighted by Gasteiger charge is 2.24. The summed E-state index contributed by atoms with van der Waals surface area (Å²) in [6.45, 7) is 0.645. The van der Waals surface area contributed by atoms with Crippen LogP contribution in [0.2, 0.25) is 0 Å². The molecule has 0 radical (unpaired) electrons. The largest absolute Gasteiger partial charge is 0.324 e. The lowest BCUT2D eigenvalue weighted by Crippen LogP contribution is -2.25. The molecular formula is C24H22N6O3. The number of amides is 2. The minimum absolute atomic E-state index is 0.0572. The number of rotatable bonds is 6. The van der Waals surface area contributed by atoms with Gasteiger partial charge in [0.15, 0.2) is 5.65 Å². The molecule has 166 valence electrons. The number of aromatic nitrogens is 4. The van der Waals surface area contributed by atoms with Gasteiger partial charge >= 0.3 is 0 Å². The van der Waals surface area contributed by atoms with Crippen molar-refractivity contribution in [1.82, 2.24) is 19.7 Å². The first-order chi connectivity index (χ1) is 16.1. The third-order valence-electron chi connectivity index (χ3n) is 5.62. The summed E-state index contributed by atoms with van der Waals surface area (Å²) in [6.07, 6.45) is 3.19. The van der Waals surface area contributed by atoms with Gasteiger partial charge in [-0.05, 0) is 30.7 Å². The van der Waals surface area contributed by atoms with E-state index in [1.54, 1.807) is 15.6 Å². The van der Waals surface area contributed by atoms with Gasteiger partial charge in [-0.1, -0.05) is 30.3 Å². The monoisotopic (exact) mass is 442 g/mol. The number of aromatic amines is 1. The molecule has 1 aliphatic heterocycles. The van der Waals surface area contributed by atoms with E-state index in [1.807, 2.05) is 48.5 Å². The highest BCUT2D eigenvalue weighted by molar-refractivity contribution is 6.02. The Morgan fingerprint density at radius 3 is 2.64 bits per heavy atom. The fourth-order valence-corrected chi connectivity index (χ4v) is 4.00. The maximum absolute atomic E-state index is 12.7. The molecule has 0 saturated carbocycles. The molecule has 0 aliphatic carbocycles. The summed E-state index contributed by atoms with van der Waals surface area (Å²) < 4.78 is 1.61. The lowest BCUT2D eigenvalue weighted by atomic mass is 10.2. The Morgan fingerprint density at radius 1 is 1.06 bits per heavy atom. The van der Waals surface area contributed by atoms with Gasteiger partial charge in [0.2, 0.25) is 11.8 Å². The summed E-state index contributed by atoms with van der Waals surface area (Å²) in [4.78, 5) is 46.3. The molecule has 0 spiro atoms. The molecule has 33 heavy (non-hydrogen) atoms. The molecule has 1 saturated heterocycles. The zero-order chi connectivity index (χ0) is 22.8. The number of aryl methyl sites for hydroxylation is 1. The van der Waals surface area contributed by atoms with Gasteiger partial charge in [-0.25, -0.2) is 9.67 Å². The van der Waals surface area contributed by atoms with Gasteiger partial charge < -0.3 is 15.2 Å². The van der Waals surface area contributed by atoms with Crippen LogP contribution in [0.1, 0.15) is 25.1 Å². The molecule has 0 bridgehead atoms. The van der Waals surface area contributed by atoms with Crippen LogP contribution < -0.4 is 15.8 Å². The molecule has 3 heterocycles. The molecule has 1 aliphatic rings. The van der Waals surface area contributed by atoms with Gasteiger partial charge in [0, 0.05) is 25.8 Å². The maximum Gasteiger partial charge on any atom is 0.262 e. The standard InChI is InChI=1S/C24H22N6O3/c31-21(26-18-9-4-5-10-19(18)29-14-6-11-22(29)32)13-12-20-27-23-17(24(33)28-20)15-25-30(23)16-7-2-1-3-8-16/h1-5,7-10,15H,6,11-14H2,(H,26,31)(H,27,28,33). The quantitative estimate of drug-likeness (QED) is 0.477. The third kappa shape index (κ3) is 4.12. The summed E-state index contributed by atoms with van der Waals surface area (Å²) in [7, 11) is 0. The number of hydrogen-bond donors (Lipinski definition) is 2. The number of benzene rings is 2. The van der Waals surface area contributed by atoms with E-state index in [-0.39, 0.29) is 30.2 Å². The first-order valence-corrected chi connectivity index (χ1v) is 10.8. The average molecular weight is 442 g/mol. The Bertz CT molecular complexity index is 1390. The second-order valence-corrected chi connectivity index (χ2v) is 7.86. The van der Waals surface area contributed by atoms with Crippen molar-refractivity contribution < 1.29 is 9.59 Å². The van der Waals surface area contributed by atoms with Crippen LogP contribution >= 0.6 is 0 Å². The van der Waals surface area contributed by atoms with Crippen molar-refractivity contribution in [3.8, 4) is 5.69 Å². The van der Waals surface area contributed by atoms with E-state index in [2.05, 4.69) is 20.4 Å². The first-order valence-electron chi connectivity index (χ1n) is 10.8. The fourth-order valence-electron chi connectivity index (χ4n) is 4.00. The lowest BCUT2D eigenvalue weighted by molar-refractivity contribution is -0.117. The van der Waals surface area contributed by atoms with E-state index in [4.69, 9.17) is 0 Å². The fraction of sp³-hybridized carbons (Fsp3) is 0.208. The number of anilines is 2. The Labute approximate surface area is 189 Å². The summed E-state index contributed by atoms with van der Waals surface area (Å²) >= 11 is 0. The Kier molecular flexibility index (Phi) is 5.43. The van der Waals surface area contributed by atoms with E-state index in [0.29, 0.717) is 41.2 Å². The molecule has 4 aromatic rings. The minimum Gasteiger partial charge on any atom is -0.324 e. The second-order valence-electron chi connectivity index (χ2n) is 7.86. The van der Waals surface area contributed by atoms with Crippen molar-refractivity contribution >= 4 is 34.2 Å². The molecule has 2 aromatic heterocycles. The van der Waals surface area contributed by atoms with Crippen molar-refractivity contribution in [2.24, 2.45) is 0 Å². The van der Waals surface area contributed by atoms with Gasteiger partial charge in [-0.15, -0.1) is 0 Å². The minimum atomic E-state index is -0.296. The molecule has 9 nitrogen and oxygen atoms in total. The normalized spacial score (nSPS) is 13.6. The molecule has 2 amide bonds. The zero-order valence-corrected chi connectivity index (χ0v) is 17.8. The molecular weight excluding hydrogens is 420 g/mol. The molecule has 2 aromatic carbocycles. The first kappa shape index (κ1) is 20.6.